The van der Waals surface area contributed by atoms with Crippen molar-refractivity contribution in [2.45, 2.75) is 33.4 Å². The Kier molecular flexibility index (Phi) is 5.27. The summed E-state index contributed by atoms with van der Waals surface area (Å²) in [5, 5.41) is 10.9. The van der Waals surface area contributed by atoms with Crippen LogP contribution in [0.25, 0.3) is 11.4 Å². The van der Waals surface area contributed by atoms with Gasteiger partial charge in [0, 0.05) is 29.9 Å². The molecule has 2 amide bonds. The van der Waals surface area contributed by atoms with Gasteiger partial charge in [-0.3, -0.25) is 10.1 Å². The number of H-pyrrole nitrogens is 1. The van der Waals surface area contributed by atoms with E-state index in [4.69, 9.17) is 0 Å². The van der Waals surface area contributed by atoms with Crippen molar-refractivity contribution in [3.05, 3.63) is 45.9 Å². The van der Waals surface area contributed by atoms with Crippen LogP contribution in [0, 0.1) is 13.8 Å². The number of aryl methyl sites for hydroxylation is 2. The molecule has 8 nitrogen and oxygen atoms in total. The largest absolute Gasteiger partial charge is 0.331 e. The van der Waals surface area contributed by atoms with Crippen molar-refractivity contribution in [1.29, 1.82) is 0 Å². The van der Waals surface area contributed by atoms with E-state index in [-0.39, 0.29) is 18.6 Å². The highest BCUT2D eigenvalue weighted by Gasteiger charge is 2.21. The lowest BCUT2D eigenvalue weighted by atomic mass is 10.2. The molecule has 3 aromatic rings. The first-order valence-electron chi connectivity index (χ1n) is 8.22. The average Bonchev–Trinajstić information content (AvgIpc) is 3.25. The van der Waals surface area contributed by atoms with E-state index < -0.39 is 0 Å². The fourth-order valence-corrected chi connectivity index (χ4v) is 3.49. The maximum atomic E-state index is 12.4. The van der Waals surface area contributed by atoms with Crippen LogP contribution in [-0.4, -0.2) is 43.1 Å². The predicted octanol–water partition coefficient (Wildman–Crippen LogP) is 2.84. The van der Waals surface area contributed by atoms with Gasteiger partial charge >= 0.3 is 6.03 Å². The standard InChI is InChI=1S/C17H21N7OS/c1-10(15-11(2)26-12(3)20-15)24(4)17(25)19-9-14-21-16(23-22-14)13-5-7-18-8-6-13/h5-8,10H,9H2,1-4H3,(H,19,25)(H,21,22,23)/t10-/m0/s1. The SMILES string of the molecule is Cc1nc([C@H](C)N(C)C(=O)NCc2nc(-c3ccncc3)n[nH]2)c(C)s1. The Morgan fingerprint density at radius 2 is 2.04 bits per heavy atom. The Labute approximate surface area is 155 Å². The zero-order valence-electron chi connectivity index (χ0n) is 15.1. The Balaban J connectivity index is 1.60. The third-order valence-electron chi connectivity index (χ3n) is 4.11. The molecule has 0 aliphatic heterocycles. The van der Waals surface area contributed by atoms with Crippen LogP contribution in [0.4, 0.5) is 4.79 Å². The minimum Gasteiger partial charge on any atom is -0.331 e. The molecule has 0 saturated heterocycles. The molecule has 0 aromatic carbocycles. The number of amides is 2. The molecule has 0 radical (unpaired) electrons. The predicted molar refractivity (Wildman–Crippen MR) is 99.6 cm³/mol. The summed E-state index contributed by atoms with van der Waals surface area (Å²) in [7, 11) is 1.76. The van der Waals surface area contributed by atoms with Gasteiger partial charge in [0.2, 0.25) is 0 Å². The molecular formula is C17H21N7OS. The molecule has 2 N–H and O–H groups in total. The van der Waals surface area contributed by atoms with Gasteiger partial charge < -0.3 is 10.2 Å². The lowest BCUT2D eigenvalue weighted by Crippen LogP contribution is -2.38. The molecule has 0 bridgehead atoms. The molecule has 0 aliphatic carbocycles. The summed E-state index contributed by atoms with van der Waals surface area (Å²) in [6, 6.07) is 3.37. The van der Waals surface area contributed by atoms with Crippen molar-refractivity contribution in [1.82, 2.24) is 35.4 Å². The second-order valence-electron chi connectivity index (χ2n) is 5.96. The van der Waals surface area contributed by atoms with E-state index >= 15 is 0 Å². The highest BCUT2D eigenvalue weighted by atomic mass is 32.1. The summed E-state index contributed by atoms with van der Waals surface area (Å²) >= 11 is 1.64. The number of urea groups is 1. The van der Waals surface area contributed by atoms with E-state index in [1.54, 1.807) is 35.7 Å². The number of carbonyl (C=O) groups is 1. The van der Waals surface area contributed by atoms with Gasteiger partial charge in [-0.2, -0.15) is 5.10 Å². The van der Waals surface area contributed by atoms with E-state index in [0.29, 0.717) is 11.6 Å². The fourth-order valence-electron chi connectivity index (χ4n) is 2.58. The lowest BCUT2D eigenvalue weighted by Gasteiger charge is -2.24. The normalized spacial score (nSPS) is 12.0. The first-order chi connectivity index (χ1) is 12.5. The van der Waals surface area contributed by atoms with Crippen LogP contribution in [0.2, 0.25) is 0 Å². The van der Waals surface area contributed by atoms with E-state index in [1.165, 1.54) is 0 Å². The van der Waals surface area contributed by atoms with Crippen LogP contribution in [0.5, 0.6) is 0 Å². The zero-order chi connectivity index (χ0) is 18.7. The minimum absolute atomic E-state index is 0.109. The molecule has 9 heteroatoms. The third-order valence-corrected chi connectivity index (χ3v) is 5.02. The number of hydrogen-bond donors (Lipinski definition) is 2. The molecular weight excluding hydrogens is 350 g/mol. The Hall–Kier alpha value is -2.81. The summed E-state index contributed by atoms with van der Waals surface area (Å²) in [4.78, 5) is 28.1. The van der Waals surface area contributed by atoms with Crippen molar-refractivity contribution in [2.24, 2.45) is 0 Å². The molecule has 3 aromatic heterocycles. The molecule has 0 unspecified atom stereocenters. The monoisotopic (exact) mass is 371 g/mol. The second kappa shape index (κ2) is 7.61. The number of aromatic nitrogens is 5. The van der Waals surface area contributed by atoms with Gasteiger partial charge in [-0.15, -0.1) is 11.3 Å². The molecule has 136 valence electrons. The summed E-state index contributed by atoms with van der Waals surface area (Å²) < 4.78 is 0. The van der Waals surface area contributed by atoms with Crippen molar-refractivity contribution in [2.75, 3.05) is 7.05 Å². The molecule has 26 heavy (non-hydrogen) atoms. The van der Waals surface area contributed by atoms with E-state index in [9.17, 15) is 4.79 Å². The highest BCUT2D eigenvalue weighted by molar-refractivity contribution is 7.11. The summed E-state index contributed by atoms with van der Waals surface area (Å²) in [6.07, 6.45) is 3.37. The van der Waals surface area contributed by atoms with Crippen molar-refractivity contribution >= 4 is 17.4 Å². The summed E-state index contributed by atoms with van der Waals surface area (Å²) in [5.41, 5.74) is 1.80. The van der Waals surface area contributed by atoms with Gasteiger partial charge in [-0.25, -0.2) is 14.8 Å². The number of nitrogens with zero attached hydrogens (tertiary/aromatic N) is 5. The van der Waals surface area contributed by atoms with Gasteiger partial charge in [-0.05, 0) is 32.9 Å². The zero-order valence-corrected chi connectivity index (χ0v) is 16.0. The number of nitrogens with one attached hydrogen (secondary N) is 2. The molecule has 1 atom stereocenters. The topological polar surface area (TPSA) is 99.7 Å². The summed E-state index contributed by atoms with van der Waals surface area (Å²) in [5.74, 6) is 1.17. The quantitative estimate of drug-likeness (QED) is 0.718. The molecule has 3 rings (SSSR count). The van der Waals surface area contributed by atoms with E-state index in [2.05, 4.69) is 30.5 Å². The van der Waals surface area contributed by atoms with Crippen LogP contribution in [-0.2, 0) is 6.54 Å². The first-order valence-corrected chi connectivity index (χ1v) is 9.03. The number of hydrogen-bond acceptors (Lipinski definition) is 6. The smallest absolute Gasteiger partial charge is 0.318 e. The van der Waals surface area contributed by atoms with Crippen LogP contribution < -0.4 is 5.32 Å². The molecule has 3 heterocycles. The third kappa shape index (κ3) is 3.88. The Morgan fingerprint density at radius 3 is 2.69 bits per heavy atom. The maximum absolute atomic E-state index is 12.4. The van der Waals surface area contributed by atoms with Gasteiger partial charge in [0.15, 0.2) is 5.82 Å². The minimum atomic E-state index is -0.190. The van der Waals surface area contributed by atoms with E-state index in [1.807, 2.05) is 32.9 Å². The highest BCUT2D eigenvalue weighted by Crippen LogP contribution is 2.25. The van der Waals surface area contributed by atoms with Gasteiger partial charge in [-0.1, -0.05) is 0 Å². The maximum Gasteiger partial charge on any atom is 0.318 e. The molecule has 0 fully saturated rings. The van der Waals surface area contributed by atoms with Gasteiger partial charge in [0.25, 0.3) is 0 Å². The second-order valence-corrected chi connectivity index (χ2v) is 7.37. The number of rotatable bonds is 5. The van der Waals surface area contributed by atoms with Crippen molar-refractivity contribution < 1.29 is 4.79 Å². The molecule has 0 saturated carbocycles. The van der Waals surface area contributed by atoms with Crippen LogP contribution in [0.1, 0.15) is 34.4 Å². The number of aromatic amines is 1. The van der Waals surface area contributed by atoms with Crippen LogP contribution in [0.3, 0.4) is 0 Å². The van der Waals surface area contributed by atoms with Gasteiger partial charge in [0.1, 0.15) is 5.82 Å². The number of pyridine rings is 1. The Bertz CT molecular complexity index is 890. The number of carbonyl (C=O) groups excluding carboxylic acids is 1. The Morgan fingerprint density at radius 1 is 1.31 bits per heavy atom. The van der Waals surface area contributed by atoms with Crippen LogP contribution >= 0.6 is 11.3 Å². The molecule has 0 aliphatic rings. The summed E-state index contributed by atoms with van der Waals surface area (Å²) in [6.45, 7) is 6.23. The fraction of sp³-hybridized carbons (Fsp3) is 0.353. The van der Waals surface area contributed by atoms with Crippen molar-refractivity contribution in [3.63, 3.8) is 0 Å². The average molecular weight is 371 g/mol. The lowest BCUT2D eigenvalue weighted by molar-refractivity contribution is 0.192. The first kappa shape index (κ1) is 18.0. The molecule has 0 spiro atoms. The van der Waals surface area contributed by atoms with E-state index in [0.717, 1.165) is 21.1 Å². The van der Waals surface area contributed by atoms with Crippen molar-refractivity contribution in [3.8, 4) is 11.4 Å². The van der Waals surface area contributed by atoms with Crippen LogP contribution in [0.15, 0.2) is 24.5 Å². The van der Waals surface area contributed by atoms with Gasteiger partial charge in [0.05, 0.1) is 23.3 Å². The number of thiazole rings is 1.